The Morgan fingerprint density at radius 2 is 2.12 bits per heavy atom. The van der Waals surface area contributed by atoms with E-state index in [0.717, 1.165) is 5.56 Å². The summed E-state index contributed by atoms with van der Waals surface area (Å²) in [6, 6.07) is 9.27. The van der Waals surface area contributed by atoms with Crippen LogP contribution in [-0.2, 0) is 16.1 Å². The van der Waals surface area contributed by atoms with Gasteiger partial charge < -0.3 is 9.47 Å². The zero-order valence-corrected chi connectivity index (χ0v) is 8.30. The van der Waals surface area contributed by atoms with Crippen LogP contribution in [0.25, 0.3) is 0 Å². The van der Waals surface area contributed by atoms with Crippen molar-refractivity contribution in [1.82, 2.24) is 10.6 Å². The molecule has 1 aliphatic rings. The third kappa shape index (κ3) is 2.63. The van der Waals surface area contributed by atoms with Gasteiger partial charge in [0, 0.05) is 0 Å². The lowest BCUT2D eigenvalue weighted by atomic mass is 10.2. The van der Waals surface area contributed by atoms with Crippen molar-refractivity contribution in [2.75, 3.05) is 0 Å². The van der Waals surface area contributed by atoms with Gasteiger partial charge in [0.1, 0.15) is 6.61 Å². The molecule has 2 N–H and O–H groups in total. The number of cyclic esters (lactones) is 1. The molecule has 0 radical (unpaired) electrons. The summed E-state index contributed by atoms with van der Waals surface area (Å²) < 4.78 is 9.39. The van der Waals surface area contributed by atoms with Crippen molar-refractivity contribution in [2.45, 2.75) is 13.0 Å². The fourth-order valence-corrected chi connectivity index (χ4v) is 1.16. The molecule has 1 atom stereocenters. The topological polar surface area (TPSA) is 76.7 Å². The average Bonchev–Trinajstić information content (AvgIpc) is 2.26. The maximum Gasteiger partial charge on any atom is 0.414 e. The Morgan fingerprint density at radius 3 is 2.75 bits per heavy atom. The van der Waals surface area contributed by atoms with Gasteiger partial charge in [-0.05, 0) is 5.56 Å². The van der Waals surface area contributed by atoms with Crippen LogP contribution in [0.3, 0.4) is 0 Å². The van der Waals surface area contributed by atoms with Crippen LogP contribution < -0.4 is 10.6 Å². The van der Waals surface area contributed by atoms with Gasteiger partial charge in [-0.1, -0.05) is 30.3 Å². The van der Waals surface area contributed by atoms with Gasteiger partial charge in [-0.2, -0.15) is 0 Å². The SMILES string of the molecule is O=C(NC1NC(=O)O1)OCc1ccccc1. The summed E-state index contributed by atoms with van der Waals surface area (Å²) in [6.07, 6.45) is -1.99. The number of hydrogen-bond donors (Lipinski definition) is 2. The maximum absolute atomic E-state index is 11.2. The van der Waals surface area contributed by atoms with Gasteiger partial charge in [0.2, 0.25) is 0 Å². The molecule has 1 aliphatic heterocycles. The molecule has 1 aromatic rings. The summed E-state index contributed by atoms with van der Waals surface area (Å²) in [7, 11) is 0. The molecule has 2 amide bonds. The van der Waals surface area contributed by atoms with Gasteiger partial charge in [-0.3, -0.25) is 10.6 Å². The van der Waals surface area contributed by atoms with E-state index in [1.54, 1.807) is 0 Å². The lowest BCUT2D eigenvalue weighted by molar-refractivity contribution is -0.00729. The molecule has 2 rings (SSSR count). The summed E-state index contributed by atoms with van der Waals surface area (Å²) in [5.74, 6) is 0. The summed E-state index contributed by atoms with van der Waals surface area (Å²) >= 11 is 0. The number of amides is 2. The Kier molecular flexibility index (Phi) is 2.90. The van der Waals surface area contributed by atoms with Crippen LogP contribution in [0, 0.1) is 0 Å². The van der Waals surface area contributed by atoms with Gasteiger partial charge in [-0.25, -0.2) is 9.59 Å². The zero-order chi connectivity index (χ0) is 11.4. The van der Waals surface area contributed by atoms with Crippen LogP contribution in [-0.4, -0.2) is 18.5 Å². The minimum absolute atomic E-state index is 0.174. The quantitative estimate of drug-likeness (QED) is 0.797. The van der Waals surface area contributed by atoms with E-state index in [0.29, 0.717) is 0 Å². The zero-order valence-electron chi connectivity index (χ0n) is 8.30. The van der Waals surface area contributed by atoms with Gasteiger partial charge >= 0.3 is 12.2 Å². The van der Waals surface area contributed by atoms with Crippen LogP contribution >= 0.6 is 0 Å². The molecule has 0 spiro atoms. The first-order valence-corrected chi connectivity index (χ1v) is 4.68. The van der Waals surface area contributed by atoms with Crippen molar-refractivity contribution in [3.8, 4) is 0 Å². The Morgan fingerprint density at radius 1 is 1.44 bits per heavy atom. The fourth-order valence-electron chi connectivity index (χ4n) is 1.16. The van der Waals surface area contributed by atoms with E-state index in [2.05, 4.69) is 15.4 Å². The number of rotatable bonds is 3. The molecule has 1 aromatic carbocycles. The third-order valence-electron chi connectivity index (χ3n) is 1.94. The fraction of sp³-hybridized carbons (Fsp3) is 0.200. The van der Waals surface area contributed by atoms with Crippen LogP contribution in [0.1, 0.15) is 5.56 Å². The molecule has 6 nitrogen and oxygen atoms in total. The molecule has 84 valence electrons. The molecule has 1 heterocycles. The summed E-state index contributed by atoms with van der Waals surface area (Å²) in [4.78, 5) is 21.5. The Labute approximate surface area is 91.5 Å². The van der Waals surface area contributed by atoms with Crippen molar-refractivity contribution < 1.29 is 19.1 Å². The van der Waals surface area contributed by atoms with Gasteiger partial charge in [-0.15, -0.1) is 0 Å². The lowest BCUT2D eigenvalue weighted by Crippen LogP contribution is -2.60. The lowest BCUT2D eigenvalue weighted by Gasteiger charge is -2.27. The number of carbonyl (C=O) groups excluding carboxylic acids is 2. The standard InChI is InChI=1S/C10H10N2O4/c13-9(11-8-12-10(14)16-8)15-6-7-4-2-1-3-5-7/h1-5,8H,6H2,(H,11,13)(H,12,14). The molecule has 6 heteroatoms. The monoisotopic (exact) mass is 222 g/mol. The van der Waals surface area contributed by atoms with Crippen molar-refractivity contribution in [3.63, 3.8) is 0 Å². The highest BCUT2D eigenvalue weighted by molar-refractivity contribution is 5.75. The Bertz CT molecular complexity index is 385. The first-order valence-electron chi connectivity index (χ1n) is 4.68. The first kappa shape index (κ1) is 10.3. The van der Waals surface area contributed by atoms with E-state index in [1.165, 1.54) is 0 Å². The van der Waals surface area contributed by atoms with Crippen molar-refractivity contribution in [1.29, 1.82) is 0 Å². The van der Waals surface area contributed by atoms with Crippen LogP contribution in [0.5, 0.6) is 0 Å². The largest absolute Gasteiger partial charge is 0.445 e. The number of ether oxygens (including phenoxy) is 2. The van der Waals surface area contributed by atoms with Crippen molar-refractivity contribution >= 4 is 12.2 Å². The number of alkyl carbamates (subject to hydrolysis) is 1. The molecule has 16 heavy (non-hydrogen) atoms. The van der Waals surface area contributed by atoms with E-state index >= 15 is 0 Å². The highest BCUT2D eigenvalue weighted by Crippen LogP contribution is 2.02. The normalized spacial score (nSPS) is 17.8. The second kappa shape index (κ2) is 4.52. The number of nitrogens with one attached hydrogen (secondary N) is 2. The number of benzene rings is 1. The highest BCUT2D eigenvalue weighted by Gasteiger charge is 2.28. The maximum atomic E-state index is 11.2. The van der Waals surface area contributed by atoms with E-state index in [4.69, 9.17) is 4.74 Å². The van der Waals surface area contributed by atoms with E-state index < -0.39 is 18.5 Å². The number of hydrogen-bond acceptors (Lipinski definition) is 4. The second-order valence-electron chi connectivity index (χ2n) is 3.14. The van der Waals surface area contributed by atoms with Crippen molar-refractivity contribution in [2.24, 2.45) is 0 Å². The molecule has 0 bridgehead atoms. The highest BCUT2D eigenvalue weighted by atomic mass is 16.6. The summed E-state index contributed by atoms with van der Waals surface area (Å²) in [6.45, 7) is 0.174. The Hall–Kier alpha value is -2.24. The van der Waals surface area contributed by atoms with Crippen LogP contribution in [0.2, 0.25) is 0 Å². The number of carbonyl (C=O) groups is 2. The predicted molar refractivity (Wildman–Crippen MR) is 53.2 cm³/mol. The average molecular weight is 222 g/mol. The predicted octanol–water partition coefficient (Wildman–Crippen LogP) is 0.936. The van der Waals surface area contributed by atoms with Gasteiger partial charge in [0.25, 0.3) is 6.35 Å². The molecular weight excluding hydrogens is 212 g/mol. The van der Waals surface area contributed by atoms with E-state index in [-0.39, 0.29) is 6.61 Å². The van der Waals surface area contributed by atoms with E-state index in [1.807, 2.05) is 30.3 Å². The minimum Gasteiger partial charge on any atom is -0.445 e. The molecule has 0 saturated carbocycles. The van der Waals surface area contributed by atoms with E-state index in [9.17, 15) is 9.59 Å². The van der Waals surface area contributed by atoms with Crippen LogP contribution in [0.4, 0.5) is 9.59 Å². The molecule has 1 unspecified atom stereocenters. The minimum atomic E-state index is -0.782. The second-order valence-corrected chi connectivity index (χ2v) is 3.14. The molecular formula is C10H10N2O4. The summed E-state index contributed by atoms with van der Waals surface area (Å²) in [5, 5.41) is 4.60. The van der Waals surface area contributed by atoms with Gasteiger partial charge in [0.05, 0.1) is 0 Å². The Balaban J connectivity index is 1.70. The van der Waals surface area contributed by atoms with Crippen LogP contribution in [0.15, 0.2) is 30.3 Å². The van der Waals surface area contributed by atoms with Gasteiger partial charge in [0.15, 0.2) is 0 Å². The molecule has 0 aliphatic carbocycles. The smallest absolute Gasteiger partial charge is 0.414 e. The molecule has 1 fully saturated rings. The van der Waals surface area contributed by atoms with Crippen molar-refractivity contribution in [3.05, 3.63) is 35.9 Å². The molecule has 0 aromatic heterocycles. The summed E-state index contributed by atoms with van der Waals surface area (Å²) in [5.41, 5.74) is 0.885. The first-order chi connectivity index (χ1) is 7.74. The molecule has 1 saturated heterocycles. The third-order valence-corrected chi connectivity index (χ3v) is 1.94.